The van der Waals surface area contributed by atoms with Crippen LogP contribution in [0.15, 0.2) is 64.7 Å². The van der Waals surface area contributed by atoms with Gasteiger partial charge in [0.15, 0.2) is 10.9 Å². The summed E-state index contributed by atoms with van der Waals surface area (Å²) < 4.78 is 0. The molecule has 0 saturated heterocycles. The monoisotopic (exact) mass is 424 g/mol. The van der Waals surface area contributed by atoms with Crippen molar-refractivity contribution in [2.24, 2.45) is 0 Å². The largest absolute Gasteiger partial charge is 0.503 e. The van der Waals surface area contributed by atoms with Gasteiger partial charge in [-0.3, -0.25) is 14.5 Å². The highest BCUT2D eigenvalue weighted by Gasteiger charge is 2.45. The molecule has 1 N–H and O–H groups in total. The van der Waals surface area contributed by atoms with Crippen LogP contribution in [0.3, 0.4) is 0 Å². The number of aromatic nitrogens is 1. The molecule has 5 nitrogen and oxygen atoms in total. The van der Waals surface area contributed by atoms with Gasteiger partial charge in [0.2, 0.25) is 5.78 Å². The summed E-state index contributed by atoms with van der Waals surface area (Å²) in [6.45, 7) is 6.38. The van der Waals surface area contributed by atoms with Gasteiger partial charge >= 0.3 is 0 Å². The average molecular weight is 425 g/mol. The van der Waals surface area contributed by atoms with Crippen LogP contribution in [0.4, 0.5) is 5.13 Å². The maximum absolute atomic E-state index is 13.2. The molecule has 0 saturated carbocycles. The molecule has 2 aromatic heterocycles. The van der Waals surface area contributed by atoms with Crippen LogP contribution in [-0.4, -0.2) is 21.8 Å². The zero-order valence-corrected chi connectivity index (χ0v) is 17.9. The van der Waals surface area contributed by atoms with E-state index in [0.717, 1.165) is 11.1 Å². The number of rotatable bonds is 4. The molecule has 1 aliphatic heterocycles. The van der Waals surface area contributed by atoms with E-state index in [1.165, 1.54) is 27.6 Å². The first-order valence-electron chi connectivity index (χ1n) is 9.14. The van der Waals surface area contributed by atoms with Gasteiger partial charge in [0.05, 0.1) is 16.5 Å². The number of amides is 1. The van der Waals surface area contributed by atoms with Crippen molar-refractivity contribution in [3.05, 3.63) is 80.7 Å². The Labute approximate surface area is 177 Å². The van der Waals surface area contributed by atoms with E-state index >= 15 is 0 Å². The van der Waals surface area contributed by atoms with Gasteiger partial charge in [-0.15, -0.1) is 22.7 Å². The average Bonchev–Trinajstić information content (AvgIpc) is 3.43. The quantitative estimate of drug-likeness (QED) is 0.578. The Morgan fingerprint density at radius 2 is 1.83 bits per heavy atom. The molecule has 3 aromatic rings. The molecule has 0 unspecified atom stereocenters. The number of anilines is 1. The molecule has 0 radical (unpaired) electrons. The molecule has 148 valence electrons. The fourth-order valence-corrected chi connectivity index (χ4v) is 4.74. The molecular formula is C22H20N2O3S2. The summed E-state index contributed by atoms with van der Waals surface area (Å²) in [6.07, 6.45) is 1.60. The standard InChI is InChI=1S/C22H20N2O3S2/c1-22(2,3)14-8-6-13(7-9-14)17-16(18(25)15-5-4-11-28-15)19(26)20(27)24(17)21-23-10-12-29-21/h4-12,17,26H,1-3H3/t17-/m1/s1. The summed E-state index contributed by atoms with van der Waals surface area (Å²) in [5.41, 5.74) is 1.97. The van der Waals surface area contributed by atoms with E-state index in [0.29, 0.717) is 10.0 Å². The number of aliphatic hydroxyl groups excluding tert-OH is 1. The van der Waals surface area contributed by atoms with Crippen molar-refractivity contribution in [1.82, 2.24) is 4.98 Å². The number of thiophene rings is 1. The predicted octanol–water partition coefficient (Wildman–Crippen LogP) is 5.29. The number of aliphatic hydroxyl groups is 1. The van der Waals surface area contributed by atoms with E-state index in [4.69, 9.17) is 0 Å². The fraction of sp³-hybridized carbons (Fsp3) is 0.227. The minimum Gasteiger partial charge on any atom is -0.503 e. The minimum absolute atomic E-state index is 0.0212. The lowest BCUT2D eigenvalue weighted by Crippen LogP contribution is -2.31. The lowest BCUT2D eigenvalue weighted by Gasteiger charge is -2.25. The van der Waals surface area contributed by atoms with Gasteiger partial charge in [-0.25, -0.2) is 4.98 Å². The maximum Gasteiger partial charge on any atom is 0.296 e. The molecular weight excluding hydrogens is 404 g/mol. The minimum atomic E-state index is -0.725. The Morgan fingerprint density at radius 3 is 2.38 bits per heavy atom. The van der Waals surface area contributed by atoms with Crippen LogP contribution >= 0.6 is 22.7 Å². The van der Waals surface area contributed by atoms with Gasteiger partial charge in [-0.1, -0.05) is 51.1 Å². The van der Waals surface area contributed by atoms with Crippen molar-refractivity contribution in [2.75, 3.05) is 4.90 Å². The Bertz CT molecular complexity index is 1080. The molecule has 3 heterocycles. The van der Waals surface area contributed by atoms with Crippen LogP contribution in [0, 0.1) is 0 Å². The van der Waals surface area contributed by atoms with Crippen LogP contribution in [-0.2, 0) is 10.2 Å². The zero-order valence-electron chi connectivity index (χ0n) is 16.2. The van der Waals surface area contributed by atoms with Gasteiger partial charge in [-0.2, -0.15) is 0 Å². The highest BCUT2D eigenvalue weighted by atomic mass is 32.1. The summed E-state index contributed by atoms with van der Waals surface area (Å²) in [7, 11) is 0. The summed E-state index contributed by atoms with van der Waals surface area (Å²) >= 11 is 2.58. The van der Waals surface area contributed by atoms with Crippen LogP contribution in [0.1, 0.15) is 47.6 Å². The number of Topliss-reactive ketones (excluding diaryl/α,β-unsaturated/α-hetero) is 1. The molecule has 7 heteroatoms. The van der Waals surface area contributed by atoms with Crippen LogP contribution in [0.25, 0.3) is 0 Å². The second kappa shape index (κ2) is 7.24. The number of thiazole rings is 1. The third-order valence-corrected chi connectivity index (χ3v) is 6.55. The van der Waals surface area contributed by atoms with Crippen molar-refractivity contribution in [1.29, 1.82) is 0 Å². The third-order valence-electron chi connectivity index (χ3n) is 4.92. The summed E-state index contributed by atoms with van der Waals surface area (Å²) in [5.74, 6) is -1.46. The Hall–Kier alpha value is -2.77. The predicted molar refractivity (Wildman–Crippen MR) is 116 cm³/mol. The Kier molecular flexibility index (Phi) is 4.88. The van der Waals surface area contributed by atoms with Crippen LogP contribution in [0.5, 0.6) is 0 Å². The first kappa shape index (κ1) is 19.5. The SMILES string of the molecule is CC(C)(C)c1ccc([C@@H]2C(C(=O)c3cccs3)=C(O)C(=O)N2c2nccs2)cc1. The summed E-state index contributed by atoms with van der Waals surface area (Å²) in [5, 5.41) is 14.7. The Balaban J connectivity index is 1.84. The van der Waals surface area contributed by atoms with Gasteiger partial charge in [0.25, 0.3) is 5.91 Å². The summed E-state index contributed by atoms with van der Waals surface area (Å²) in [4.78, 5) is 32.3. The molecule has 1 aromatic carbocycles. The van der Waals surface area contributed by atoms with Gasteiger partial charge in [0, 0.05) is 11.6 Å². The van der Waals surface area contributed by atoms with E-state index < -0.39 is 17.7 Å². The second-order valence-electron chi connectivity index (χ2n) is 7.83. The number of nitrogens with zero attached hydrogens (tertiary/aromatic N) is 2. The van der Waals surface area contributed by atoms with E-state index in [2.05, 4.69) is 25.8 Å². The smallest absolute Gasteiger partial charge is 0.296 e. The fourth-order valence-electron chi connectivity index (χ4n) is 3.39. The molecule has 1 amide bonds. The highest BCUT2D eigenvalue weighted by molar-refractivity contribution is 7.14. The molecule has 0 bridgehead atoms. The maximum atomic E-state index is 13.2. The van der Waals surface area contributed by atoms with E-state index in [1.807, 2.05) is 24.3 Å². The number of benzene rings is 1. The molecule has 0 spiro atoms. The van der Waals surface area contributed by atoms with Crippen molar-refractivity contribution < 1.29 is 14.7 Å². The lowest BCUT2D eigenvalue weighted by atomic mass is 9.85. The number of carbonyl (C=O) groups is 2. The van der Waals surface area contributed by atoms with Crippen molar-refractivity contribution in [3.63, 3.8) is 0 Å². The second-order valence-corrected chi connectivity index (χ2v) is 9.65. The van der Waals surface area contributed by atoms with E-state index in [1.54, 1.807) is 29.1 Å². The Morgan fingerprint density at radius 1 is 1.10 bits per heavy atom. The van der Waals surface area contributed by atoms with Gasteiger partial charge < -0.3 is 5.11 Å². The van der Waals surface area contributed by atoms with Crippen molar-refractivity contribution in [2.45, 2.75) is 32.2 Å². The number of carbonyl (C=O) groups excluding carboxylic acids is 2. The molecule has 1 aliphatic rings. The van der Waals surface area contributed by atoms with Crippen molar-refractivity contribution in [3.8, 4) is 0 Å². The highest BCUT2D eigenvalue weighted by Crippen LogP contribution is 2.43. The molecule has 1 atom stereocenters. The normalized spacial score (nSPS) is 17.3. The first-order valence-corrected chi connectivity index (χ1v) is 10.9. The van der Waals surface area contributed by atoms with E-state index in [-0.39, 0.29) is 16.8 Å². The molecule has 29 heavy (non-hydrogen) atoms. The van der Waals surface area contributed by atoms with Crippen LogP contribution in [0.2, 0.25) is 0 Å². The number of hydrogen-bond acceptors (Lipinski definition) is 6. The molecule has 4 rings (SSSR count). The molecule has 0 fully saturated rings. The first-order chi connectivity index (χ1) is 13.8. The molecule has 0 aliphatic carbocycles. The van der Waals surface area contributed by atoms with E-state index in [9.17, 15) is 14.7 Å². The number of ketones is 1. The van der Waals surface area contributed by atoms with Gasteiger partial charge in [0.1, 0.15) is 0 Å². The topological polar surface area (TPSA) is 70.5 Å². The van der Waals surface area contributed by atoms with Gasteiger partial charge in [-0.05, 0) is 28.0 Å². The third kappa shape index (κ3) is 3.41. The summed E-state index contributed by atoms with van der Waals surface area (Å²) in [6, 6.07) is 10.6. The number of hydrogen-bond donors (Lipinski definition) is 1. The van der Waals surface area contributed by atoms with Crippen molar-refractivity contribution >= 4 is 39.5 Å². The lowest BCUT2D eigenvalue weighted by molar-refractivity contribution is -0.117. The zero-order chi connectivity index (χ0) is 20.8. The van der Waals surface area contributed by atoms with Crippen LogP contribution < -0.4 is 4.90 Å².